The summed E-state index contributed by atoms with van der Waals surface area (Å²) in [4.78, 5) is 39.5. The minimum atomic E-state index is -0.345. The molecule has 2 aromatic rings. The third kappa shape index (κ3) is 4.53. The number of rotatable bonds is 6. The fourth-order valence-electron chi connectivity index (χ4n) is 4.43. The van der Waals surface area contributed by atoms with Crippen LogP contribution in [0.25, 0.3) is 0 Å². The second kappa shape index (κ2) is 9.11. The summed E-state index contributed by atoms with van der Waals surface area (Å²) < 4.78 is 0. The van der Waals surface area contributed by atoms with Gasteiger partial charge in [-0.2, -0.15) is 0 Å². The SMILES string of the molecule is O=C(NCc1ccccc1)C1CCC2C(=O)N(CCc3ccccc3)C(=O)NC2C1. The van der Waals surface area contributed by atoms with E-state index in [0.29, 0.717) is 38.8 Å². The molecule has 1 aliphatic carbocycles. The first-order chi connectivity index (χ1) is 14.6. The lowest BCUT2D eigenvalue weighted by molar-refractivity contribution is -0.139. The molecule has 2 N–H and O–H groups in total. The van der Waals surface area contributed by atoms with Crippen LogP contribution in [0.15, 0.2) is 60.7 Å². The van der Waals surface area contributed by atoms with Crippen molar-refractivity contribution in [3.05, 3.63) is 71.8 Å². The summed E-state index contributed by atoms with van der Waals surface area (Å²) in [5.41, 5.74) is 2.15. The molecule has 1 saturated heterocycles. The monoisotopic (exact) mass is 405 g/mol. The van der Waals surface area contributed by atoms with Crippen molar-refractivity contribution in [2.24, 2.45) is 11.8 Å². The second-order valence-electron chi connectivity index (χ2n) is 8.10. The van der Waals surface area contributed by atoms with Gasteiger partial charge in [-0.25, -0.2) is 4.79 Å². The standard InChI is InChI=1S/C24H27N3O3/c28-22(25-16-18-9-5-2-6-10-18)19-11-12-20-21(15-19)26-24(30)27(23(20)29)14-13-17-7-3-1-4-8-17/h1-10,19-21H,11-16H2,(H,25,28)(H,26,30). The number of nitrogens with one attached hydrogen (secondary N) is 2. The lowest BCUT2D eigenvalue weighted by Gasteiger charge is -2.42. The number of carbonyl (C=O) groups excluding carboxylic acids is 3. The highest BCUT2D eigenvalue weighted by atomic mass is 16.2. The van der Waals surface area contributed by atoms with E-state index in [2.05, 4.69) is 10.6 Å². The molecule has 2 fully saturated rings. The Bertz CT molecular complexity index is 900. The van der Waals surface area contributed by atoms with Gasteiger partial charge in [0.05, 0.1) is 5.92 Å². The maximum absolute atomic E-state index is 12.9. The quantitative estimate of drug-likeness (QED) is 0.776. The Hall–Kier alpha value is -3.15. The molecule has 156 valence electrons. The van der Waals surface area contributed by atoms with Crippen molar-refractivity contribution < 1.29 is 14.4 Å². The van der Waals surface area contributed by atoms with Crippen molar-refractivity contribution in [2.45, 2.75) is 38.3 Å². The van der Waals surface area contributed by atoms with Crippen LogP contribution >= 0.6 is 0 Å². The summed E-state index contributed by atoms with van der Waals surface area (Å²) in [7, 11) is 0. The maximum atomic E-state index is 12.9. The number of carbonyl (C=O) groups is 3. The first kappa shape index (κ1) is 20.1. The first-order valence-corrected chi connectivity index (χ1v) is 10.6. The lowest BCUT2D eigenvalue weighted by atomic mass is 9.76. The number of hydrogen-bond donors (Lipinski definition) is 2. The van der Waals surface area contributed by atoms with Gasteiger partial charge in [0.1, 0.15) is 0 Å². The molecule has 1 saturated carbocycles. The largest absolute Gasteiger partial charge is 0.352 e. The van der Waals surface area contributed by atoms with E-state index in [9.17, 15) is 14.4 Å². The predicted molar refractivity (Wildman–Crippen MR) is 113 cm³/mol. The van der Waals surface area contributed by atoms with Crippen molar-refractivity contribution in [3.8, 4) is 0 Å². The average molecular weight is 405 g/mol. The third-order valence-corrected chi connectivity index (χ3v) is 6.13. The van der Waals surface area contributed by atoms with Crippen molar-refractivity contribution in [3.63, 3.8) is 0 Å². The summed E-state index contributed by atoms with van der Waals surface area (Å²) in [6, 6.07) is 19.0. The minimum absolute atomic E-state index is 0.00879. The van der Waals surface area contributed by atoms with Gasteiger partial charge in [0.2, 0.25) is 11.8 Å². The van der Waals surface area contributed by atoms with Crippen LogP contribution in [0.4, 0.5) is 4.79 Å². The molecule has 1 heterocycles. The van der Waals surface area contributed by atoms with Crippen LogP contribution in [-0.4, -0.2) is 35.3 Å². The highest BCUT2D eigenvalue weighted by Gasteiger charge is 2.45. The predicted octanol–water partition coefficient (Wildman–Crippen LogP) is 2.88. The van der Waals surface area contributed by atoms with Gasteiger partial charge < -0.3 is 10.6 Å². The van der Waals surface area contributed by atoms with E-state index in [0.717, 1.165) is 11.1 Å². The maximum Gasteiger partial charge on any atom is 0.324 e. The molecule has 0 radical (unpaired) electrons. The zero-order valence-electron chi connectivity index (χ0n) is 16.9. The molecule has 0 spiro atoms. The Morgan fingerprint density at radius 2 is 1.63 bits per heavy atom. The van der Waals surface area contributed by atoms with Gasteiger partial charge in [-0.15, -0.1) is 0 Å². The number of hydrogen-bond acceptors (Lipinski definition) is 3. The molecular formula is C24H27N3O3. The van der Waals surface area contributed by atoms with Gasteiger partial charge in [-0.05, 0) is 36.8 Å². The molecule has 6 nitrogen and oxygen atoms in total. The third-order valence-electron chi connectivity index (χ3n) is 6.13. The van der Waals surface area contributed by atoms with Crippen LogP contribution in [0.3, 0.4) is 0 Å². The molecule has 0 aromatic heterocycles. The first-order valence-electron chi connectivity index (χ1n) is 10.6. The van der Waals surface area contributed by atoms with Crippen molar-refractivity contribution in [1.29, 1.82) is 0 Å². The van der Waals surface area contributed by atoms with Crippen LogP contribution < -0.4 is 10.6 Å². The zero-order chi connectivity index (χ0) is 20.9. The molecule has 0 bridgehead atoms. The summed E-state index contributed by atoms with van der Waals surface area (Å²) >= 11 is 0. The summed E-state index contributed by atoms with van der Waals surface area (Å²) in [5.74, 6) is -0.538. The number of imide groups is 1. The number of amides is 4. The molecule has 4 amide bonds. The number of urea groups is 1. The van der Waals surface area contributed by atoms with Crippen LogP contribution in [0.5, 0.6) is 0 Å². The Kier molecular flexibility index (Phi) is 6.12. The molecule has 3 unspecified atom stereocenters. The summed E-state index contributed by atoms with van der Waals surface area (Å²) in [5, 5.41) is 5.97. The van der Waals surface area contributed by atoms with Crippen LogP contribution in [-0.2, 0) is 22.6 Å². The normalized spacial score (nSPS) is 23.5. The van der Waals surface area contributed by atoms with Crippen LogP contribution in [0, 0.1) is 11.8 Å². The topological polar surface area (TPSA) is 78.5 Å². The summed E-state index contributed by atoms with van der Waals surface area (Å²) in [6.07, 6.45) is 2.43. The van der Waals surface area contributed by atoms with Crippen molar-refractivity contribution in [2.75, 3.05) is 6.54 Å². The Morgan fingerprint density at radius 3 is 2.33 bits per heavy atom. The second-order valence-corrected chi connectivity index (χ2v) is 8.10. The van der Waals surface area contributed by atoms with Gasteiger partial charge in [0, 0.05) is 25.0 Å². The summed E-state index contributed by atoms with van der Waals surface area (Å²) in [6.45, 7) is 0.863. The van der Waals surface area contributed by atoms with E-state index in [1.165, 1.54) is 4.90 Å². The number of nitrogens with zero attached hydrogens (tertiary/aromatic N) is 1. The van der Waals surface area contributed by atoms with E-state index in [1.807, 2.05) is 60.7 Å². The van der Waals surface area contributed by atoms with Gasteiger partial charge in [-0.1, -0.05) is 60.7 Å². The highest BCUT2D eigenvalue weighted by molar-refractivity contribution is 5.99. The minimum Gasteiger partial charge on any atom is -0.352 e. The zero-order valence-corrected chi connectivity index (χ0v) is 16.9. The number of benzene rings is 2. The molecule has 3 atom stereocenters. The fraction of sp³-hybridized carbons (Fsp3) is 0.375. The molecule has 6 heteroatoms. The van der Waals surface area contributed by atoms with E-state index in [1.54, 1.807) is 0 Å². The van der Waals surface area contributed by atoms with E-state index >= 15 is 0 Å². The fourth-order valence-corrected chi connectivity index (χ4v) is 4.43. The van der Waals surface area contributed by atoms with Gasteiger partial charge in [0.25, 0.3) is 0 Å². The average Bonchev–Trinajstić information content (AvgIpc) is 2.78. The van der Waals surface area contributed by atoms with E-state index in [-0.39, 0.29) is 35.7 Å². The van der Waals surface area contributed by atoms with Gasteiger partial charge in [0.15, 0.2) is 0 Å². The molecule has 2 aliphatic rings. The van der Waals surface area contributed by atoms with Crippen LogP contribution in [0.2, 0.25) is 0 Å². The van der Waals surface area contributed by atoms with Gasteiger partial charge >= 0.3 is 6.03 Å². The molecular weight excluding hydrogens is 378 g/mol. The van der Waals surface area contributed by atoms with E-state index < -0.39 is 0 Å². The number of fused-ring (bicyclic) bond motifs is 1. The van der Waals surface area contributed by atoms with Crippen molar-refractivity contribution in [1.82, 2.24) is 15.5 Å². The Labute approximate surface area is 176 Å². The highest BCUT2D eigenvalue weighted by Crippen LogP contribution is 2.33. The van der Waals surface area contributed by atoms with E-state index in [4.69, 9.17) is 0 Å². The molecule has 2 aromatic carbocycles. The molecule has 30 heavy (non-hydrogen) atoms. The van der Waals surface area contributed by atoms with Gasteiger partial charge in [-0.3, -0.25) is 14.5 Å². The molecule has 4 rings (SSSR count). The Morgan fingerprint density at radius 1 is 0.967 bits per heavy atom. The lowest BCUT2D eigenvalue weighted by Crippen LogP contribution is -2.62. The van der Waals surface area contributed by atoms with Crippen LogP contribution in [0.1, 0.15) is 30.4 Å². The van der Waals surface area contributed by atoms with Crippen molar-refractivity contribution >= 4 is 17.8 Å². The smallest absolute Gasteiger partial charge is 0.324 e. The molecule has 1 aliphatic heterocycles. The Balaban J connectivity index is 1.31.